The molecule has 1 aliphatic heterocycles. The molecule has 16 heavy (non-hydrogen) atoms. The van der Waals surface area contributed by atoms with Gasteiger partial charge in [-0.25, -0.2) is 0 Å². The van der Waals surface area contributed by atoms with E-state index in [1.54, 1.807) is 0 Å². The largest absolute Gasteiger partial charge is 0.338 e. The molecule has 2 nitrogen and oxygen atoms in total. The van der Waals surface area contributed by atoms with Crippen LogP contribution < -0.4 is 0 Å². The van der Waals surface area contributed by atoms with Crippen molar-refractivity contribution in [3.63, 3.8) is 0 Å². The molecule has 1 unspecified atom stereocenters. The molecule has 1 heterocycles. The van der Waals surface area contributed by atoms with E-state index < -0.39 is 0 Å². The minimum Gasteiger partial charge on any atom is -0.338 e. The number of nitrogens with zero attached hydrogens (tertiary/aromatic N) is 1. The Bertz CT molecular complexity index is 352. The molecule has 2 rings (SSSR count). The summed E-state index contributed by atoms with van der Waals surface area (Å²) in [5, 5.41) is 0.992. The highest BCUT2D eigenvalue weighted by molar-refractivity contribution is 9.09. The van der Waals surface area contributed by atoms with Crippen molar-refractivity contribution >= 4 is 21.8 Å². The van der Waals surface area contributed by atoms with Crippen LogP contribution in [0.5, 0.6) is 0 Å². The standard InChI is InChI=1S/C13H16BrNO/c14-8-12-6-7-13(16)15(10-12)9-11-4-2-1-3-5-11/h1-5,12H,6-10H2. The summed E-state index contributed by atoms with van der Waals surface area (Å²) >= 11 is 3.51. The van der Waals surface area contributed by atoms with Gasteiger partial charge in [-0.15, -0.1) is 0 Å². The summed E-state index contributed by atoms with van der Waals surface area (Å²) in [6.07, 6.45) is 1.72. The molecule has 0 aromatic heterocycles. The Morgan fingerprint density at radius 3 is 2.75 bits per heavy atom. The third-order valence-electron chi connectivity index (χ3n) is 3.03. The summed E-state index contributed by atoms with van der Waals surface area (Å²) in [5.41, 5.74) is 1.21. The molecule has 1 fully saturated rings. The topological polar surface area (TPSA) is 20.3 Å². The summed E-state index contributed by atoms with van der Waals surface area (Å²) in [5.74, 6) is 0.905. The minimum atomic E-state index is 0.293. The second-order valence-corrected chi connectivity index (χ2v) is 4.97. The van der Waals surface area contributed by atoms with Crippen molar-refractivity contribution in [3.05, 3.63) is 35.9 Å². The van der Waals surface area contributed by atoms with Crippen LogP contribution in [0.15, 0.2) is 30.3 Å². The van der Waals surface area contributed by atoms with E-state index in [9.17, 15) is 4.79 Å². The zero-order valence-electron chi connectivity index (χ0n) is 9.23. The van der Waals surface area contributed by atoms with Crippen LogP contribution in [0.3, 0.4) is 0 Å². The Morgan fingerprint density at radius 1 is 1.31 bits per heavy atom. The van der Waals surface area contributed by atoms with Crippen LogP contribution in [0.4, 0.5) is 0 Å². The van der Waals surface area contributed by atoms with E-state index in [1.165, 1.54) is 5.56 Å². The summed E-state index contributed by atoms with van der Waals surface area (Å²) < 4.78 is 0. The van der Waals surface area contributed by atoms with Gasteiger partial charge in [-0.05, 0) is 17.9 Å². The van der Waals surface area contributed by atoms with Crippen molar-refractivity contribution in [2.24, 2.45) is 5.92 Å². The first-order valence-corrected chi connectivity index (χ1v) is 6.79. The normalized spacial score (nSPS) is 21.2. The highest BCUT2D eigenvalue weighted by Crippen LogP contribution is 2.21. The smallest absolute Gasteiger partial charge is 0.222 e. The molecule has 0 saturated carbocycles. The van der Waals surface area contributed by atoms with Gasteiger partial charge in [-0.3, -0.25) is 4.79 Å². The number of alkyl halides is 1. The third kappa shape index (κ3) is 2.85. The van der Waals surface area contributed by atoms with E-state index in [0.29, 0.717) is 18.2 Å². The number of amides is 1. The van der Waals surface area contributed by atoms with Crippen molar-refractivity contribution in [3.8, 4) is 0 Å². The molecule has 1 amide bonds. The molecule has 0 radical (unpaired) electrons. The van der Waals surface area contributed by atoms with Gasteiger partial charge in [0.1, 0.15) is 0 Å². The van der Waals surface area contributed by atoms with Gasteiger partial charge < -0.3 is 4.90 Å². The summed E-state index contributed by atoms with van der Waals surface area (Å²) in [6.45, 7) is 1.64. The monoisotopic (exact) mass is 281 g/mol. The maximum absolute atomic E-state index is 11.8. The van der Waals surface area contributed by atoms with Crippen LogP contribution in [0.2, 0.25) is 0 Å². The quantitative estimate of drug-likeness (QED) is 0.781. The third-order valence-corrected chi connectivity index (χ3v) is 3.95. The van der Waals surface area contributed by atoms with Crippen molar-refractivity contribution < 1.29 is 4.79 Å². The van der Waals surface area contributed by atoms with Crippen LogP contribution in [-0.2, 0) is 11.3 Å². The Morgan fingerprint density at radius 2 is 2.06 bits per heavy atom. The van der Waals surface area contributed by atoms with Gasteiger partial charge >= 0.3 is 0 Å². The number of hydrogen-bond donors (Lipinski definition) is 0. The van der Waals surface area contributed by atoms with Gasteiger partial charge in [0.15, 0.2) is 0 Å². The van der Waals surface area contributed by atoms with E-state index in [-0.39, 0.29) is 0 Å². The van der Waals surface area contributed by atoms with Gasteiger partial charge in [0.2, 0.25) is 5.91 Å². The average Bonchev–Trinajstić information content (AvgIpc) is 2.33. The van der Waals surface area contributed by atoms with E-state index >= 15 is 0 Å². The lowest BCUT2D eigenvalue weighted by Gasteiger charge is -2.31. The lowest BCUT2D eigenvalue weighted by Crippen LogP contribution is -2.39. The Labute approximate surface area is 105 Å². The van der Waals surface area contributed by atoms with Gasteiger partial charge in [-0.1, -0.05) is 46.3 Å². The first kappa shape index (κ1) is 11.6. The average molecular weight is 282 g/mol. The summed E-state index contributed by atoms with van der Waals surface area (Å²) in [4.78, 5) is 13.7. The lowest BCUT2D eigenvalue weighted by molar-refractivity contribution is -0.135. The fourth-order valence-electron chi connectivity index (χ4n) is 2.07. The highest BCUT2D eigenvalue weighted by Gasteiger charge is 2.24. The minimum absolute atomic E-state index is 0.293. The maximum Gasteiger partial charge on any atom is 0.222 e. The number of carbonyl (C=O) groups is 1. The number of piperidine rings is 1. The first-order valence-electron chi connectivity index (χ1n) is 5.67. The molecule has 1 aliphatic rings. The molecule has 1 saturated heterocycles. The van der Waals surface area contributed by atoms with Crippen molar-refractivity contribution in [2.75, 3.05) is 11.9 Å². The zero-order valence-corrected chi connectivity index (χ0v) is 10.8. The van der Waals surface area contributed by atoms with Crippen LogP contribution in [-0.4, -0.2) is 22.7 Å². The Kier molecular flexibility index (Phi) is 3.99. The number of benzene rings is 1. The SMILES string of the molecule is O=C1CCC(CBr)CN1Cc1ccccc1. The summed E-state index contributed by atoms with van der Waals surface area (Å²) in [7, 11) is 0. The van der Waals surface area contributed by atoms with E-state index in [4.69, 9.17) is 0 Å². The van der Waals surface area contributed by atoms with Gasteiger partial charge in [0.05, 0.1) is 0 Å². The lowest BCUT2D eigenvalue weighted by atomic mass is 9.99. The molecule has 0 bridgehead atoms. The number of rotatable bonds is 3. The highest BCUT2D eigenvalue weighted by atomic mass is 79.9. The molecule has 1 atom stereocenters. The van der Waals surface area contributed by atoms with Crippen molar-refractivity contribution in [1.82, 2.24) is 4.90 Å². The molecule has 3 heteroatoms. The van der Waals surface area contributed by atoms with Crippen LogP contribution in [0.25, 0.3) is 0 Å². The van der Waals surface area contributed by atoms with Crippen LogP contribution in [0.1, 0.15) is 18.4 Å². The second-order valence-electron chi connectivity index (χ2n) is 4.32. The Balaban J connectivity index is 2.00. The van der Waals surface area contributed by atoms with Gasteiger partial charge in [0.25, 0.3) is 0 Å². The second kappa shape index (κ2) is 5.48. The maximum atomic E-state index is 11.8. The molecule has 1 aromatic rings. The molecular formula is C13H16BrNO. The van der Waals surface area contributed by atoms with E-state index in [1.807, 2.05) is 23.1 Å². The fraction of sp³-hybridized carbons (Fsp3) is 0.462. The van der Waals surface area contributed by atoms with E-state index in [2.05, 4.69) is 28.1 Å². The van der Waals surface area contributed by atoms with Gasteiger partial charge in [0, 0.05) is 24.8 Å². The number of likely N-dealkylation sites (tertiary alicyclic amines) is 1. The molecule has 0 aliphatic carbocycles. The number of halogens is 1. The number of carbonyl (C=O) groups excluding carboxylic acids is 1. The van der Waals surface area contributed by atoms with Crippen LogP contribution in [0, 0.1) is 5.92 Å². The van der Waals surface area contributed by atoms with Crippen LogP contribution >= 0.6 is 15.9 Å². The number of hydrogen-bond acceptors (Lipinski definition) is 1. The molecular weight excluding hydrogens is 266 g/mol. The summed E-state index contributed by atoms with van der Waals surface area (Å²) in [6, 6.07) is 10.2. The van der Waals surface area contributed by atoms with Gasteiger partial charge in [-0.2, -0.15) is 0 Å². The first-order chi connectivity index (χ1) is 7.79. The zero-order chi connectivity index (χ0) is 11.4. The molecule has 0 N–H and O–H groups in total. The molecule has 0 spiro atoms. The predicted molar refractivity (Wildman–Crippen MR) is 68.4 cm³/mol. The molecule has 1 aromatic carbocycles. The predicted octanol–water partition coefficient (Wildman–Crippen LogP) is 2.82. The van der Waals surface area contributed by atoms with Crippen molar-refractivity contribution in [2.45, 2.75) is 19.4 Å². The molecule has 86 valence electrons. The Hall–Kier alpha value is -0.830. The van der Waals surface area contributed by atoms with E-state index in [0.717, 1.165) is 24.8 Å². The van der Waals surface area contributed by atoms with Crippen molar-refractivity contribution in [1.29, 1.82) is 0 Å². The fourth-order valence-corrected chi connectivity index (χ4v) is 2.60.